The maximum atomic E-state index is 14.1. The van der Waals surface area contributed by atoms with Crippen molar-refractivity contribution >= 4 is 11.6 Å². The molecule has 0 spiro atoms. The highest BCUT2D eigenvalue weighted by Gasteiger charge is 2.36. The molecule has 25 heavy (non-hydrogen) atoms. The molecule has 2 aliphatic rings. The number of piperazine rings is 1. The van der Waals surface area contributed by atoms with Gasteiger partial charge in [0.05, 0.1) is 18.3 Å². The second-order valence-electron chi connectivity index (χ2n) is 6.98. The number of para-hydroxylation sites is 1. The molecule has 1 amide bonds. The molecule has 2 saturated heterocycles. The van der Waals surface area contributed by atoms with Crippen LogP contribution in [0.5, 0.6) is 0 Å². The van der Waals surface area contributed by atoms with Crippen LogP contribution in [-0.4, -0.2) is 74.2 Å². The molecule has 0 bridgehead atoms. The second-order valence-corrected chi connectivity index (χ2v) is 6.98. The van der Waals surface area contributed by atoms with Crippen molar-refractivity contribution in [1.82, 2.24) is 9.80 Å². The van der Waals surface area contributed by atoms with Crippen LogP contribution in [0.25, 0.3) is 0 Å². The van der Waals surface area contributed by atoms with Crippen LogP contribution in [0.1, 0.15) is 19.8 Å². The van der Waals surface area contributed by atoms with Crippen LogP contribution >= 0.6 is 0 Å². The van der Waals surface area contributed by atoms with Gasteiger partial charge in [0, 0.05) is 45.9 Å². The topological polar surface area (TPSA) is 36.0 Å². The van der Waals surface area contributed by atoms with E-state index in [-0.39, 0.29) is 17.8 Å². The van der Waals surface area contributed by atoms with Gasteiger partial charge in [-0.1, -0.05) is 12.1 Å². The SMILES string of the molecule is COC[C@H](C)N1CCN([C@@H]2CCCN(c3ccccc3F)C2=O)CC1. The van der Waals surface area contributed by atoms with Gasteiger partial charge >= 0.3 is 0 Å². The highest BCUT2D eigenvalue weighted by molar-refractivity contribution is 5.98. The van der Waals surface area contributed by atoms with E-state index in [1.807, 2.05) is 0 Å². The van der Waals surface area contributed by atoms with E-state index in [9.17, 15) is 9.18 Å². The van der Waals surface area contributed by atoms with Crippen molar-refractivity contribution in [3.05, 3.63) is 30.1 Å². The Balaban J connectivity index is 1.64. The molecule has 2 atom stereocenters. The number of carbonyl (C=O) groups excluding carboxylic acids is 1. The average Bonchev–Trinajstić information content (AvgIpc) is 2.63. The lowest BCUT2D eigenvalue weighted by Gasteiger charge is -2.43. The van der Waals surface area contributed by atoms with Crippen LogP contribution < -0.4 is 4.90 Å². The number of hydrogen-bond acceptors (Lipinski definition) is 4. The molecule has 0 saturated carbocycles. The Bertz CT molecular complexity index is 590. The number of hydrogen-bond donors (Lipinski definition) is 0. The predicted molar refractivity (Wildman–Crippen MR) is 96.3 cm³/mol. The normalized spacial score (nSPS) is 24.5. The van der Waals surface area contributed by atoms with Crippen LogP contribution in [0.2, 0.25) is 0 Å². The smallest absolute Gasteiger partial charge is 0.244 e. The fourth-order valence-electron chi connectivity index (χ4n) is 3.94. The fraction of sp³-hybridized carbons (Fsp3) is 0.632. The highest BCUT2D eigenvalue weighted by atomic mass is 19.1. The van der Waals surface area contributed by atoms with Gasteiger partial charge in [0.25, 0.3) is 0 Å². The molecule has 5 nitrogen and oxygen atoms in total. The number of rotatable bonds is 5. The molecule has 1 aromatic rings. The monoisotopic (exact) mass is 349 g/mol. The van der Waals surface area contributed by atoms with Crippen molar-refractivity contribution in [1.29, 1.82) is 0 Å². The van der Waals surface area contributed by atoms with Gasteiger partial charge in [-0.25, -0.2) is 4.39 Å². The van der Waals surface area contributed by atoms with Gasteiger partial charge in [-0.15, -0.1) is 0 Å². The van der Waals surface area contributed by atoms with E-state index in [0.717, 1.165) is 45.6 Å². The first kappa shape index (κ1) is 18.3. The van der Waals surface area contributed by atoms with Gasteiger partial charge in [0.2, 0.25) is 5.91 Å². The number of halogens is 1. The fourth-order valence-corrected chi connectivity index (χ4v) is 3.94. The van der Waals surface area contributed by atoms with Gasteiger partial charge in [-0.05, 0) is 31.9 Å². The molecule has 1 aromatic carbocycles. The van der Waals surface area contributed by atoms with Gasteiger partial charge in [-0.2, -0.15) is 0 Å². The van der Waals surface area contributed by atoms with Crippen molar-refractivity contribution in [3.8, 4) is 0 Å². The number of methoxy groups -OCH3 is 1. The van der Waals surface area contributed by atoms with Gasteiger partial charge in [0.15, 0.2) is 0 Å². The third-order valence-electron chi connectivity index (χ3n) is 5.37. The Morgan fingerprint density at radius 3 is 2.60 bits per heavy atom. The molecular formula is C19H28FN3O2. The Hall–Kier alpha value is -1.50. The molecule has 0 radical (unpaired) electrons. The van der Waals surface area contributed by atoms with Gasteiger partial charge < -0.3 is 9.64 Å². The highest BCUT2D eigenvalue weighted by Crippen LogP contribution is 2.26. The van der Waals surface area contributed by atoms with E-state index in [1.54, 1.807) is 30.2 Å². The van der Waals surface area contributed by atoms with Crippen molar-refractivity contribution in [3.63, 3.8) is 0 Å². The number of nitrogens with zero attached hydrogens (tertiary/aromatic N) is 3. The number of piperidine rings is 1. The summed E-state index contributed by atoms with van der Waals surface area (Å²) in [6.07, 6.45) is 1.77. The summed E-state index contributed by atoms with van der Waals surface area (Å²) in [6, 6.07) is 6.82. The Labute approximate surface area is 149 Å². The van der Waals surface area contributed by atoms with Gasteiger partial charge in [-0.3, -0.25) is 14.6 Å². The van der Waals surface area contributed by atoms with E-state index in [4.69, 9.17) is 4.74 Å². The van der Waals surface area contributed by atoms with E-state index < -0.39 is 0 Å². The second kappa shape index (κ2) is 8.25. The Kier molecular flexibility index (Phi) is 6.04. The summed E-state index contributed by atoms with van der Waals surface area (Å²) < 4.78 is 19.3. The van der Waals surface area contributed by atoms with Crippen LogP contribution in [0.3, 0.4) is 0 Å². The minimum atomic E-state index is -0.324. The quantitative estimate of drug-likeness (QED) is 0.814. The standard InChI is InChI=1S/C19H28FN3O2/c1-15(14-25-2)21-10-12-22(13-11-21)18-8-5-9-23(19(18)24)17-7-4-3-6-16(17)20/h3-4,6-7,15,18H,5,8-14H2,1-2H3/t15-,18+/m0/s1. The van der Waals surface area contributed by atoms with Crippen LogP contribution in [-0.2, 0) is 9.53 Å². The summed E-state index contributed by atoms with van der Waals surface area (Å²) in [6.45, 7) is 7.11. The lowest BCUT2D eigenvalue weighted by atomic mass is 10.0. The molecule has 3 rings (SSSR count). The number of carbonyl (C=O) groups is 1. The van der Waals surface area contributed by atoms with Crippen molar-refractivity contribution in [2.24, 2.45) is 0 Å². The molecule has 2 fully saturated rings. The maximum absolute atomic E-state index is 14.1. The minimum Gasteiger partial charge on any atom is -0.383 e. The largest absolute Gasteiger partial charge is 0.383 e. The number of amides is 1. The first-order valence-electron chi connectivity index (χ1n) is 9.14. The van der Waals surface area contributed by atoms with Gasteiger partial charge in [0.1, 0.15) is 5.82 Å². The molecule has 0 N–H and O–H groups in total. The number of ether oxygens (including phenoxy) is 1. The molecular weight excluding hydrogens is 321 g/mol. The maximum Gasteiger partial charge on any atom is 0.244 e. The molecule has 2 aliphatic heterocycles. The van der Waals surface area contributed by atoms with E-state index in [1.165, 1.54) is 6.07 Å². The van der Waals surface area contributed by atoms with E-state index in [0.29, 0.717) is 18.3 Å². The summed E-state index contributed by atoms with van der Waals surface area (Å²) in [7, 11) is 1.73. The molecule has 0 aliphatic carbocycles. The van der Waals surface area contributed by atoms with Crippen LogP contribution in [0.15, 0.2) is 24.3 Å². The molecule has 0 unspecified atom stereocenters. The first-order valence-corrected chi connectivity index (χ1v) is 9.14. The van der Waals surface area contributed by atoms with Crippen LogP contribution in [0.4, 0.5) is 10.1 Å². The minimum absolute atomic E-state index is 0.0368. The summed E-state index contributed by atoms with van der Waals surface area (Å²) in [5.74, 6) is -0.288. The van der Waals surface area contributed by atoms with Crippen LogP contribution in [0, 0.1) is 5.82 Å². The summed E-state index contributed by atoms with van der Waals surface area (Å²) in [4.78, 5) is 19.3. The zero-order valence-corrected chi connectivity index (χ0v) is 15.2. The Morgan fingerprint density at radius 2 is 1.92 bits per heavy atom. The van der Waals surface area contributed by atoms with E-state index in [2.05, 4.69) is 16.7 Å². The first-order chi connectivity index (χ1) is 12.1. The molecule has 2 heterocycles. The molecule has 6 heteroatoms. The lowest BCUT2D eigenvalue weighted by Crippen LogP contribution is -2.59. The summed E-state index contributed by atoms with van der Waals surface area (Å²) in [5, 5.41) is 0. The van der Waals surface area contributed by atoms with E-state index >= 15 is 0 Å². The van der Waals surface area contributed by atoms with Crippen molar-refractivity contribution < 1.29 is 13.9 Å². The average molecular weight is 349 g/mol. The third kappa shape index (κ3) is 4.02. The summed E-state index contributed by atoms with van der Waals surface area (Å²) in [5.41, 5.74) is 0.407. The Morgan fingerprint density at radius 1 is 1.20 bits per heavy atom. The number of anilines is 1. The predicted octanol–water partition coefficient (Wildman–Crippen LogP) is 1.97. The summed E-state index contributed by atoms with van der Waals surface area (Å²) >= 11 is 0. The molecule has 138 valence electrons. The number of benzene rings is 1. The van der Waals surface area contributed by atoms with Crippen molar-refractivity contribution in [2.75, 3.05) is 51.3 Å². The third-order valence-corrected chi connectivity index (χ3v) is 5.37. The zero-order valence-electron chi connectivity index (χ0n) is 15.2. The lowest BCUT2D eigenvalue weighted by molar-refractivity contribution is -0.126. The molecule has 0 aromatic heterocycles. The zero-order chi connectivity index (χ0) is 17.8. The van der Waals surface area contributed by atoms with Crippen molar-refractivity contribution in [2.45, 2.75) is 31.8 Å².